The summed E-state index contributed by atoms with van der Waals surface area (Å²) in [5, 5.41) is 24.6. The van der Waals surface area contributed by atoms with Gasteiger partial charge in [0, 0.05) is 125 Å². The topological polar surface area (TPSA) is 119 Å². The van der Waals surface area contributed by atoms with E-state index < -0.39 is 0 Å². The number of ether oxygens (including phenoxy) is 6. The monoisotopic (exact) mass is 1340 g/mol. The molecule has 2 aromatic heterocycles. The predicted molar refractivity (Wildman–Crippen MR) is 413 cm³/mol. The Morgan fingerprint density at radius 1 is 0.235 bits per heavy atom. The zero-order chi connectivity index (χ0) is 69.8. The normalized spacial score (nSPS) is 11.3. The number of aliphatic hydroxyl groups excluding tert-OH is 2. The Bertz CT molecular complexity index is 4590. The lowest BCUT2D eigenvalue weighted by Crippen LogP contribution is -2.10. The van der Waals surface area contributed by atoms with Crippen molar-refractivity contribution in [2.24, 2.45) is 0 Å². The first-order valence-corrected chi connectivity index (χ1v) is 33.8. The van der Waals surface area contributed by atoms with Crippen LogP contribution in [0.5, 0.6) is 34.5 Å². The molecular weight excluding hydrogens is 1270 g/mol. The second-order valence-electron chi connectivity index (χ2n) is 24.9. The zero-order valence-corrected chi connectivity index (χ0v) is 57.6. The van der Waals surface area contributed by atoms with Gasteiger partial charge in [-0.25, -0.2) is 0 Å². The molecule has 0 spiro atoms. The lowest BCUT2D eigenvalue weighted by atomic mass is 10.1. The maximum Gasteiger partial charge on any atom is 0.119 e. The highest BCUT2D eigenvalue weighted by Gasteiger charge is 2.25. The molecule has 0 amide bonds. The minimum Gasteiger partial charge on any atom is -0.497 e. The van der Waals surface area contributed by atoms with Crippen LogP contribution in [0.3, 0.4) is 0 Å². The van der Waals surface area contributed by atoms with Crippen LogP contribution in [0.15, 0.2) is 291 Å². The van der Waals surface area contributed by atoms with E-state index in [1.54, 1.807) is 42.7 Å². The molecule has 102 heavy (non-hydrogen) atoms. The molecule has 0 radical (unpaired) electrons. The molecule has 0 saturated heterocycles. The quantitative estimate of drug-likeness (QED) is 0.0600. The van der Waals surface area contributed by atoms with Crippen molar-refractivity contribution < 1.29 is 38.6 Å². The summed E-state index contributed by atoms with van der Waals surface area (Å²) in [6.45, 7) is 0.979. The zero-order valence-electron chi connectivity index (χ0n) is 57.6. The van der Waals surface area contributed by atoms with E-state index in [2.05, 4.69) is 223 Å². The Labute approximate surface area is 593 Å². The first kappa shape index (κ1) is 65.3. The van der Waals surface area contributed by atoms with Crippen LogP contribution in [0.2, 0.25) is 0 Å². The average molecular weight is 1350 g/mol. The summed E-state index contributed by atoms with van der Waals surface area (Å²) in [7, 11) is 10.1. The maximum atomic E-state index is 10.2. The van der Waals surface area contributed by atoms with Crippen LogP contribution in [0.25, 0.3) is 43.6 Å². The molecule has 2 heterocycles. The van der Waals surface area contributed by atoms with Gasteiger partial charge in [-0.15, -0.1) is 0 Å². The van der Waals surface area contributed by atoms with Crippen molar-refractivity contribution in [1.82, 2.24) is 9.13 Å². The third-order valence-corrected chi connectivity index (χ3v) is 19.2. The molecule has 506 valence electrons. The molecule has 14 heteroatoms. The van der Waals surface area contributed by atoms with E-state index >= 15 is 0 Å². The number of anilines is 12. The summed E-state index contributed by atoms with van der Waals surface area (Å²) in [5.74, 6) is 4.58. The van der Waals surface area contributed by atoms with Crippen LogP contribution in [0.4, 0.5) is 68.2 Å². The van der Waals surface area contributed by atoms with E-state index in [9.17, 15) is 10.2 Å². The molecular formula is C88H76N6O8. The van der Waals surface area contributed by atoms with Gasteiger partial charge in [0.25, 0.3) is 0 Å². The fraction of sp³-hybridized carbons (Fsp3) is 0.114. The van der Waals surface area contributed by atoms with Gasteiger partial charge in [-0.2, -0.15) is 0 Å². The Kier molecular flexibility index (Phi) is 18.4. The molecule has 0 saturated carbocycles. The fourth-order valence-corrected chi connectivity index (χ4v) is 13.9. The molecule has 0 bridgehead atoms. The van der Waals surface area contributed by atoms with E-state index in [4.69, 9.17) is 28.4 Å². The van der Waals surface area contributed by atoms with Gasteiger partial charge in [-0.05, 0) is 265 Å². The van der Waals surface area contributed by atoms with Crippen molar-refractivity contribution >= 4 is 112 Å². The summed E-state index contributed by atoms with van der Waals surface area (Å²) in [4.78, 5) is 9.05. The predicted octanol–water partition coefficient (Wildman–Crippen LogP) is 20.9. The minimum absolute atomic E-state index is 0.0624. The summed E-state index contributed by atoms with van der Waals surface area (Å²) >= 11 is 0. The van der Waals surface area contributed by atoms with Crippen LogP contribution in [0, 0.1) is 0 Å². The van der Waals surface area contributed by atoms with Crippen molar-refractivity contribution in [2.75, 3.05) is 62.3 Å². The standard InChI is InChI=1S/C88H76N6O8/c1-97-75-35-19-65(20-36-75)91(63-15-11-59(57-95)12-16-63)71-31-47-85-81(51-71)82-52-72(92(64-17-13-60(58-96)14-18-64)66-21-37-76(98-2)38-22-66)32-48-86(82)89(85)55-61-9-7-8-10-62(61)56-90-87-49-33-73(93(67-23-39-77(99-3)40-24-67)68-25-41-78(100-4)42-26-68)53-83(87)84-54-74(34-50-88(84)90)94(69-27-43-79(101-5)44-28-69)70-29-45-80(102-6)46-30-70/h7-54,95-96H,55-58H2,1-6H3. The Hall–Kier alpha value is -12.6. The smallest absolute Gasteiger partial charge is 0.119 e. The number of rotatable bonds is 24. The molecule has 0 aliphatic heterocycles. The van der Waals surface area contributed by atoms with Gasteiger partial charge >= 0.3 is 0 Å². The number of methoxy groups -OCH3 is 6. The molecule has 14 nitrogen and oxygen atoms in total. The molecule has 15 aromatic rings. The maximum absolute atomic E-state index is 10.2. The molecule has 13 aromatic carbocycles. The Morgan fingerprint density at radius 2 is 0.422 bits per heavy atom. The van der Waals surface area contributed by atoms with Crippen molar-refractivity contribution in [3.63, 3.8) is 0 Å². The number of hydrogen-bond donors (Lipinski definition) is 2. The first-order chi connectivity index (χ1) is 50.1. The average Bonchev–Trinajstić information content (AvgIpc) is 1.58. The second-order valence-corrected chi connectivity index (χ2v) is 24.9. The van der Waals surface area contributed by atoms with Crippen LogP contribution in [-0.2, 0) is 26.3 Å². The van der Waals surface area contributed by atoms with Gasteiger partial charge in [0.1, 0.15) is 34.5 Å². The fourth-order valence-electron chi connectivity index (χ4n) is 13.9. The van der Waals surface area contributed by atoms with Gasteiger partial charge < -0.3 is 67.4 Å². The number of nitrogens with zero attached hydrogens (tertiary/aromatic N) is 6. The van der Waals surface area contributed by atoms with Gasteiger partial charge in [-0.3, -0.25) is 0 Å². The molecule has 2 N–H and O–H groups in total. The van der Waals surface area contributed by atoms with Gasteiger partial charge in [0.15, 0.2) is 0 Å². The van der Waals surface area contributed by atoms with Crippen LogP contribution in [-0.4, -0.2) is 62.0 Å². The van der Waals surface area contributed by atoms with E-state index in [1.165, 1.54) is 0 Å². The van der Waals surface area contributed by atoms with Crippen molar-refractivity contribution in [3.05, 3.63) is 313 Å². The molecule has 0 aliphatic carbocycles. The lowest BCUT2D eigenvalue weighted by Gasteiger charge is -2.26. The summed E-state index contributed by atoms with van der Waals surface area (Å²) in [6, 6.07) is 101. The highest BCUT2D eigenvalue weighted by Crippen LogP contribution is 2.47. The Balaban J connectivity index is 0.904. The molecule has 0 fully saturated rings. The second kappa shape index (κ2) is 28.7. The van der Waals surface area contributed by atoms with E-state index in [-0.39, 0.29) is 13.2 Å². The highest BCUT2D eigenvalue weighted by molar-refractivity contribution is 6.12. The van der Waals surface area contributed by atoms with Gasteiger partial charge in [-0.1, -0.05) is 48.5 Å². The molecule has 0 aliphatic rings. The minimum atomic E-state index is -0.0624. The molecule has 0 unspecified atom stereocenters. The van der Waals surface area contributed by atoms with Crippen LogP contribution in [0.1, 0.15) is 22.3 Å². The Morgan fingerprint density at radius 3 is 0.608 bits per heavy atom. The summed E-state index contributed by atoms with van der Waals surface area (Å²) in [6.07, 6.45) is 0. The number of hydrogen-bond acceptors (Lipinski definition) is 12. The molecule has 15 rings (SSSR count). The summed E-state index contributed by atoms with van der Waals surface area (Å²) < 4.78 is 38.9. The van der Waals surface area contributed by atoms with Crippen LogP contribution < -0.4 is 48.0 Å². The van der Waals surface area contributed by atoms with E-state index in [0.717, 1.165) is 169 Å². The van der Waals surface area contributed by atoms with Crippen molar-refractivity contribution in [2.45, 2.75) is 26.3 Å². The number of aromatic nitrogens is 2. The van der Waals surface area contributed by atoms with Crippen molar-refractivity contribution in [3.8, 4) is 34.5 Å². The van der Waals surface area contributed by atoms with E-state index in [1.807, 2.05) is 97.1 Å². The first-order valence-electron chi connectivity index (χ1n) is 33.8. The third kappa shape index (κ3) is 12.7. The number of aliphatic hydroxyl groups is 2. The lowest BCUT2D eigenvalue weighted by molar-refractivity contribution is 0.281. The molecule has 0 atom stereocenters. The van der Waals surface area contributed by atoms with Crippen LogP contribution >= 0.6 is 0 Å². The summed E-state index contributed by atoms with van der Waals surface area (Å²) in [5.41, 5.74) is 19.7. The van der Waals surface area contributed by atoms with Gasteiger partial charge in [0.05, 0.1) is 55.9 Å². The highest BCUT2D eigenvalue weighted by atomic mass is 16.5. The third-order valence-electron chi connectivity index (χ3n) is 19.2. The van der Waals surface area contributed by atoms with E-state index in [0.29, 0.717) is 13.1 Å². The van der Waals surface area contributed by atoms with Crippen molar-refractivity contribution in [1.29, 1.82) is 0 Å². The SMILES string of the molecule is COc1ccc(N(c2ccc(CO)cc2)c2ccc3c(c2)c2cc(N(c4ccc(CO)cc4)c4ccc(OC)cc4)ccc2n3Cc2ccccc2Cn2c3ccc(N(c4ccc(OC)cc4)c4ccc(OC)cc4)cc3c3cc(N(c4ccc(OC)cc4)c4ccc(OC)cc4)ccc32)cc1. The van der Waals surface area contributed by atoms with Gasteiger partial charge in [0.2, 0.25) is 0 Å². The number of benzene rings is 13. The number of fused-ring (bicyclic) bond motifs is 6. The largest absolute Gasteiger partial charge is 0.497 e.